The van der Waals surface area contributed by atoms with Crippen molar-refractivity contribution in [2.24, 2.45) is 16.4 Å². The molecule has 0 aliphatic carbocycles. The lowest BCUT2D eigenvalue weighted by Crippen LogP contribution is -2.25. The maximum atomic E-state index is 8.38. The van der Waals surface area contributed by atoms with Crippen molar-refractivity contribution in [3.63, 3.8) is 0 Å². The second kappa shape index (κ2) is 2.46. The van der Waals surface area contributed by atoms with Crippen LogP contribution in [0.25, 0.3) is 0 Å². The Morgan fingerprint density at radius 2 is 2.14 bits per heavy atom. The summed E-state index contributed by atoms with van der Waals surface area (Å²) in [6.45, 7) is 1.47. The van der Waals surface area contributed by atoms with Gasteiger partial charge in [-0.15, -0.1) is 0 Å². The van der Waals surface area contributed by atoms with Crippen molar-refractivity contribution in [2.45, 2.75) is 6.82 Å². The van der Waals surface area contributed by atoms with Crippen LogP contribution in [0.5, 0.6) is 0 Å². The van der Waals surface area contributed by atoms with Gasteiger partial charge in [-0.25, -0.2) is 0 Å². The van der Waals surface area contributed by atoms with E-state index in [1.54, 1.807) is 0 Å². The highest BCUT2D eigenvalue weighted by atomic mass is 16.2. The van der Waals surface area contributed by atoms with Gasteiger partial charge in [0.05, 0.1) is 0 Å². The third kappa shape index (κ3) is 5.29. The molecule has 0 heterocycles. The standard InChI is InChI=1S/C2H8BN3O/c1-3(7)6-2(4)5/h7H,1H3,(H4,4,5,6). The van der Waals surface area contributed by atoms with E-state index >= 15 is 0 Å². The third-order valence-corrected chi connectivity index (χ3v) is 0.336. The van der Waals surface area contributed by atoms with Crippen LogP contribution in [0, 0.1) is 0 Å². The van der Waals surface area contributed by atoms with Crippen LogP contribution in [0.3, 0.4) is 0 Å². The molecular formula is C2H8BN3O. The lowest BCUT2D eigenvalue weighted by atomic mass is 9.91. The van der Waals surface area contributed by atoms with Crippen molar-refractivity contribution in [3.05, 3.63) is 0 Å². The Morgan fingerprint density at radius 3 is 2.14 bits per heavy atom. The number of hydrogen-bond acceptors (Lipinski definition) is 2. The van der Waals surface area contributed by atoms with E-state index < -0.39 is 7.05 Å². The van der Waals surface area contributed by atoms with E-state index in [0.717, 1.165) is 0 Å². The summed E-state index contributed by atoms with van der Waals surface area (Å²) in [7, 11) is -0.787. The van der Waals surface area contributed by atoms with Gasteiger partial charge in [-0.2, -0.15) is 0 Å². The Balaban J connectivity index is 3.45. The summed E-state index contributed by atoms with van der Waals surface area (Å²) in [4.78, 5) is 3.31. The lowest BCUT2D eigenvalue weighted by molar-refractivity contribution is 0.581. The highest BCUT2D eigenvalue weighted by Crippen LogP contribution is 1.70. The van der Waals surface area contributed by atoms with Crippen LogP contribution in [0.1, 0.15) is 0 Å². The summed E-state index contributed by atoms with van der Waals surface area (Å²) in [6.07, 6.45) is 0. The molecule has 0 unspecified atom stereocenters. The van der Waals surface area contributed by atoms with Gasteiger partial charge in [0.25, 0.3) is 0 Å². The number of nitrogens with two attached hydrogens (primary N) is 2. The summed E-state index contributed by atoms with van der Waals surface area (Å²) < 4.78 is 0. The zero-order valence-electron chi connectivity index (χ0n) is 4.13. The van der Waals surface area contributed by atoms with Gasteiger partial charge in [-0.1, -0.05) is 0 Å². The van der Waals surface area contributed by atoms with E-state index in [9.17, 15) is 0 Å². The molecule has 0 saturated heterocycles. The van der Waals surface area contributed by atoms with Gasteiger partial charge in [-0.05, 0) is 6.82 Å². The van der Waals surface area contributed by atoms with Gasteiger partial charge in [0.15, 0.2) is 5.96 Å². The number of guanidine groups is 1. The maximum absolute atomic E-state index is 8.38. The molecule has 0 radical (unpaired) electrons. The van der Waals surface area contributed by atoms with Gasteiger partial charge in [-0.3, -0.25) is 4.90 Å². The van der Waals surface area contributed by atoms with Crippen LogP contribution in [0.15, 0.2) is 4.90 Å². The van der Waals surface area contributed by atoms with Crippen molar-refractivity contribution >= 4 is 13.0 Å². The van der Waals surface area contributed by atoms with Crippen LogP contribution in [-0.4, -0.2) is 18.0 Å². The summed E-state index contributed by atoms with van der Waals surface area (Å²) in [6, 6.07) is 0. The summed E-state index contributed by atoms with van der Waals surface area (Å²) in [5.74, 6) is -0.0880. The van der Waals surface area contributed by atoms with Gasteiger partial charge >= 0.3 is 7.05 Å². The van der Waals surface area contributed by atoms with E-state index in [1.807, 2.05) is 0 Å². The van der Waals surface area contributed by atoms with Gasteiger partial charge in [0, 0.05) is 0 Å². The molecule has 0 aliphatic rings. The van der Waals surface area contributed by atoms with E-state index in [-0.39, 0.29) is 5.96 Å². The monoisotopic (exact) mass is 101 g/mol. The molecule has 5 N–H and O–H groups in total. The van der Waals surface area contributed by atoms with Crippen molar-refractivity contribution in [2.75, 3.05) is 0 Å². The molecule has 0 amide bonds. The van der Waals surface area contributed by atoms with Crippen LogP contribution < -0.4 is 11.5 Å². The van der Waals surface area contributed by atoms with Crippen LogP contribution in [-0.2, 0) is 0 Å². The van der Waals surface area contributed by atoms with E-state index in [1.165, 1.54) is 6.82 Å². The van der Waals surface area contributed by atoms with Crippen molar-refractivity contribution in [3.8, 4) is 0 Å². The van der Waals surface area contributed by atoms with E-state index in [0.29, 0.717) is 0 Å². The van der Waals surface area contributed by atoms with Crippen LogP contribution >= 0.6 is 0 Å². The molecule has 0 bridgehead atoms. The van der Waals surface area contributed by atoms with E-state index in [4.69, 9.17) is 16.5 Å². The van der Waals surface area contributed by atoms with Crippen molar-refractivity contribution in [1.82, 2.24) is 0 Å². The number of nitrogens with zero attached hydrogens (tertiary/aromatic N) is 1. The average Bonchev–Trinajstić information content (AvgIpc) is 1.27. The number of rotatable bonds is 1. The second-order valence-electron chi connectivity index (χ2n) is 1.19. The first-order chi connectivity index (χ1) is 3.13. The zero-order valence-corrected chi connectivity index (χ0v) is 4.13. The van der Waals surface area contributed by atoms with Gasteiger partial charge in [0.1, 0.15) is 0 Å². The van der Waals surface area contributed by atoms with Gasteiger partial charge in [0.2, 0.25) is 0 Å². The Hall–Kier alpha value is -0.705. The quantitative estimate of drug-likeness (QED) is 0.210. The summed E-state index contributed by atoms with van der Waals surface area (Å²) in [5.41, 5.74) is 9.72. The zero-order chi connectivity index (χ0) is 5.86. The molecule has 0 aromatic rings. The minimum atomic E-state index is -0.787. The molecule has 0 aliphatic heterocycles. The SMILES string of the molecule is CB(O)N=C(N)N. The molecule has 40 valence electrons. The largest absolute Gasteiger partial charge is 0.431 e. The van der Waals surface area contributed by atoms with Gasteiger partial charge < -0.3 is 16.5 Å². The Bertz CT molecular complexity index is 77.0. The molecular weight excluding hydrogens is 92.9 g/mol. The first-order valence-electron chi connectivity index (χ1n) is 1.89. The molecule has 0 spiro atoms. The minimum absolute atomic E-state index is 0.0880. The highest BCUT2D eigenvalue weighted by molar-refractivity contribution is 6.48. The molecule has 0 rings (SSSR count). The molecule has 0 saturated carbocycles. The Labute approximate surface area is 42.4 Å². The predicted molar refractivity (Wildman–Crippen MR) is 29.6 cm³/mol. The predicted octanol–water partition coefficient (Wildman–Crippen LogP) is -1.63. The minimum Gasteiger partial charge on any atom is -0.431 e. The topological polar surface area (TPSA) is 84.6 Å². The fourth-order valence-corrected chi connectivity index (χ4v) is 0.216. The Kier molecular flexibility index (Phi) is 2.22. The third-order valence-electron chi connectivity index (χ3n) is 0.336. The highest BCUT2D eigenvalue weighted by Gasteiger charge is 1.95. The second-order valence-corrected chi connectivity index (χ2v) is 1.19. The Morgan fingerprint density at radius 1 is 1.71 bits per heavy atom. The molecule has 0 aromatic carbocycles. The average molecular weight is 101 g/mol. The maximum Gasteiger partial charge on any atom is 0.431 e. The summed E-state index contributed by atoms with van der Waals surface area (Å²) >= 11 is 0. The summed E-state index contributed by atoms with van der Waals surface area (Å²) in [5, 5.41) is 8.38. The normalized spacial score (nSPS) is 7.71. The van der Waals surface area contributed by atoms with Crippen LogP contribution in [0.2, 0.25) is 6.82 Å². The fourth-order valence-electron chi connectivity index (χ4n) is 0.216. The van der Waals surface area contributed by atoms with Crippen molar-refractivity contribution in [1.29, 1.82) is 0 Å². The molecule has 7 heavy (non-hydrogen) atoms. The lowest BCUT2D eigenvalue weighted by Gasteiger charge is -1.88. The molecule has 0 atom stereocenters. The molecule has 4 nitrogen and oxygen atoms in total. The smallest absolute Gasteiger partial charge is 0.431 e. The first kappa shape index (κ1) is 6.29. The molecule has 0 fully saturated rings. The first-order valence-corrected chi connectivity index (χ1v) is 1.89. The van der Waals surface area contributed by atoms with Crippen LogP contribution in [0.4, 0.5) is 0 Å². The molecule has 0 aromatic heterocycles. The number of hydrogen-bond donors (Lipinski definition) is 3. The van der Waals surface area contributed by atoms with Crippen molar-refractivity contribution < 1.29 is 5.02 Å². The fraction of sp³-hybridized carbons (Fsp3) is 0.500. The van der Waals surface area contributed by atoms with E-state index in [2.05, 4.69) is 4.90 Å². The molecule has 5 heteroatoms.